The SMILES string of the molecule is Cc1ccc(-n2cnnc2SCC(=O)NCCc2cccc(Cl)c2Cl)cc1C. The number of benzene rings is 2. The van der Waals surface area contributed by atoms with E-state index in [0.29, 0.717) is 28.2 Å². The van der Waals surface area contributed by atoms with Crippen LogP contribution in [0.3, 0.4) is 0 Å². The van der Waals surface area contributed by atoms with E-state index in [1.807, 2.05) is 22.8 Å². The Kier molecular flexibility index (Phi) is 6.99. The summed E-state index contributed by atoms with van der Waals surface area (Å²) in [6.45, 7) is 4.63. The van der Waals surface area contributed by atoms with E-state index in [2.05, 4.69) is 41.5 Å². The van der Waals surface area contributed by atoms with Crippen LogP contribution in [-0.2, 0) is 11.2 Å². The predicted octanol–water partition coefficient (Wildman–Crippen LogP) is 4.64. The molecule has 0 aliphatic heterocycles. The van der Waals surface area contributed by atoms with E-state index >= 15 is 0 Å². The standard InChI is InChI=1S/C20H20Cl2N4OS/c1-13-6-7-16(10-14(13)2)26-12-24-25-20(26)28-11-18(27)23-9-8-15-4-3-5-17(21)19(15)22/h3-7,10,12H,8-9,11H2,1-2H3,(H,23,27). The second-order valence-corrected chi connectivity index (χ2v) is 8.08. The summed E-state index contributed by atoms with van der Waals surface area (Å²) < 4.78 is 1.89. The topological polar surface area (TPSA) is 59.8 Å². The van der Waals surface area contributed by atoms with Crippen LogP contribution in [0.4, 0.5) is 0 Å². The minimum Gasteiger partial charge on any atom is -0.355 e. The van der Waals surface area contributed by atoms with Crippen molar-refractivity contribution >= 4 is 40.9 Å². The van der Waals surface area contributed by atoms with Gasteiger partial charge in [0.25, 0.3) is 0 Å². The fraction of sp³-hybridized carbons (Fsp3) is 0.250. The highest BCUT2D eigenvalue weighted by Gasteiger charge is 2.11. The molecule has 5 nitrogen and oxygen atoms in total. The molecule has 0 aliphatic rings. The number of carbonyl (C=O) groups excluding carboxylic acids is 1. The van der Waals surface area contributed by atoms with Crippen LogP contribution in [0.1, 0.15) is 16.7 Å². The summed E-state index contributed by atoms with van der Waals surface area (Å²) in [5.74, 6) is 0.185. The van der Waals surface area contributed by atoms with Gasteiger partial charge >= 0.3 is 0 Å². The van der Waals surface area contributed by atoms with Crippen molar-refractivity contribution in [3.05, 3.63) is 69.5 Å². The van der Waals surface area contributed by atoms with Crippen LogP contribution in [0, 0.1) is 13.8 Å². The molecule has 8 heteroatoms. The number of nitrogens with zero attached hydrogens (tertiary/aromatic N) is 3. The molecular weight excluding hydrogens is 415 g/mol. The van der Waals surface area contributed by atoms with Crippen molar-refractivity contribution in [2.75, 3.05) is 12.3 Å². The lowest BCUT2D eigenvalue weighted by molar-refractivity contribution is -0.118. The second kappa shape index (κ2) is 9.45. The summed E-state index contributed by atoms with van der Waals surface area (Å²) in [5, 5.41) is 12.7. The molecule has 0 unspecified atom stereocenters. The highest BCUT2D eigenvalue weighted by atomic mass is 35.5. The maximum atomic E-state index is 12.2. The summed E-state index contributed by atoms with van der Waals surface area (Å²) in [6, 6.07) is 11.7. The summed E-state index contributed by atoms with van der Waals surface area (Å²) in [4.78, 5) is 12.2. The van der Waals surface area contributed by atoms with Gasteiger partial charge in [-0.25, -0.2) is 0 Å². The van der Waals surface area contributed by atoms with Crippen molar-refractivity contribution in [1.82, 2.24) is 20.1 Å². The molecule has 1 aromatic heterocycles. The van der Waals surface area contributed by atoms with Gasteiger partial charge in [0, 0.05) is 12.2 Å². The van der Waals surface area contributed by atoms with Crippen LogP contribution < -0.4 is 5.32 Å². The number of hydrogen-bond acceptors (Lipinski definition) is 4. The molecule has 0 bridgehead atoms. The Morgan fingerprint density at radius 1 is 1.18 bits per heavy atom. The Hall–Kier alpha value is -2.02. The number of aromatic nitrogens is 3. The van der Waals surface area contributed by atoms with Crippen molar-refractivity contribution in [1.29, 1.82) is 0 Å². The lowest BCUT2D eigenvalue weighted by atomic mass is 10.1. The second-order valence-electron chi connectivity index (χ2n) is 6.35. The number of rotatable bonds is 7. The van der Waals surface area contributed by atoms with Crippen molar-refractivity contribution < 1.29 is 4.79 Å². The highest BCUT2D eigenvalue weighted by molar-refractivity contribution is 7.99. The number of hydrogen-bond donors (Lipinski definition) is 1. The molecule has 0 aliphatic carbocycles. The van der Waals surface area contributed by atoms with Gasteiger partial charge < -0.3 is 5.32 Å². The Bertz CT molecular complexity index is 990. The zero-order valence-electron chi connectivity index (χ0n) is 15.6. The number of thioether (sulfide) groups is 1. The van der Waals surface area contributed by atoms with E-state index in [0.717, 1.165) is 11.3 Å². The molecule has 28 heavy (non-hydrogen) atoms. The quantitative estimate of drug-likeness (QED) is 0.550. The van der Waals surface area contributed by atoms with Crippen LogP contribution in [0.2, 0.25) is 10.0 Å². The first-order chi connectivity index (χ1) is 13.5. The third-order valence-corrected chi connectivity index (χ3v) is 6.17. The molecule has 0 saturated heterocycles. The number of halogens is 2. The van der Waals surface area contributed by atoms with Crippen LogP contribution in [0.15, 0.2) is 47.9 Å². The maximum absolute atomic E-state index is 12.2. The minimum atomic E-state index is -0.0715. The van der Waals surface area contributed by atoms with Gasteiger partial charge in [-0.15, -0.1) is 10.2 Å². The van der Waals surface area contributed by atoms with Crippen molar-refractivity contribution in [2.24, 2.45) is 0 Å². The third kappa shape index (κ3) is 5.07. The van der Waals surface area contributed by atoms with Crippen molar-refractivity contribution in [3.63, 3.8) is 0 Å². The van der Waals surface area contributed by atoms with Crippen LogP contribution >= 0.6 is 35.0 Å². The molecule has 3 aromatic rings. The van der Waals surface area contributed by atoms with Gasteiger partial charge in [-0.1, -0.05) is 53.2 Å². The summed E-state index contributed by atoms with van der Waals surface area (Å²) in [6.07, 6.45) is 2.28. The number of carbonyl (C=O) groups is 1. The van der Waals surface area contributed by atoms with Gasteiger partial charge in [0.1, 0.15) is 6.33 Å². The zero-order valence-corrected chi connectivity index (χ0v) is 17.9. The van der Waals surface area contributed by atoms with Crippen LogP contribution in [-0.4, -0.2) is 33.0 Å². The third-order valence-electron chi connectivity index (χ3n) is 4.37. The molecule has 146 valence electrons. The van der Waals surface area contributed by atoms with E-state index in [1.54, 1.807) is 12.4 Å². The summed E-state index contributed by atoms with van der Waals surface area (Å²) in [7, 11) is 0. The Labute approximate surface area is 178 Å². The maximum Gasteiger partial charge on any atom is 0.230 e. The van der Waals surface area contributed by atoms with Gasteiger partial charge in [-0.3, -0.25) is 9.36 Å². The smallest absolute Gasteiger partial charge is 0.230 e. The monoisotopic (exact) mass is 434 g/mol. The minimum absolute atomic E-state index is 0.0715. The molecule has 1 heterocycles. The molecule has 1 N–H and O–H groups in total. The number of amides is 1. The number of aryl methyl sites for hydroxylation is 2. The van der Waals surface area contributed by atoms with Gasteiger partial charge in [-0.2, -0.15) is 0 Å². The average molecular weight is 435 g/mol. The molecular formula is C20H20Cl2N4OS. The molecule has 0 fully saturated rings. The molecule has 0 saturated carbocycles. The van der Waals surface area contributed by atoms with E-state index < -0.39 is 0 Å². The number of nitrogens with one attached hydrogen (secondary N) is 1. The lowest BCUT2D eigenvalue weighted by Gasteiger charge is -2.09. The molecule has 0 radical (unpaired) electrons. The largest absolute Gasteiger partial charge is 0.355 e. The first-order valence-electron chi connectivity index (χ1n) is 8.75. The molecule has 3 rings (SSSR count). The van der Waals surface area contributed by atoms with Crippen LogP contribution in [0.25, 0.3) is 5.69 Å². The first-order valence-corrected chi connectivity index (χ1v) is 10.5. The van der Waals surface area contributed by atoms with Gasteiger partial charge in [0.15, 0.2) is 5.16 Å². The van der Waals surface area contributed by atoms with Gasteiger partial charge in [0.05, 0.1) is 15.8 Å². The highest BCUT2D eigenvalue weighted by Crippen LogP contribution is 2.25. The normalized spacial score (nSPS) is 10.9. The summed E-state index contributed by atoms with van der Waals surface area (Å²) >= 11 is 13.5. The molecule has 0 spiro atoms. The molecule has 0 atom stereocenters. The van der Waals surface area contributed by atoms with E-state index in [-0.39, 0.29) is 11.7 Å². The Morgan fingerprint density at radius 2 is 2.00 bits per heavy atom. The molecule has 2 aromatic carbocycles. The Morgan fingerprint density at radius 3 is 2.79 bits per heavy atom. The van der Waals surface area contributed by atoms with E-state index in [4.69, 9.17) is 23.2 Å². The fourth-order valence-electron chi connectivity index (χ4n) is 2.63. The Balaban J connectivity index is 1.53. The zero-order chi connectivity index (χ0) is 20.1. The predicted molar refractivity (Wildman–Crippen MR) is 115 cm³/mol. The summed E-state index contributed by atoms with van der Waals surface area (Å²) in [5.41, 5.74) is 4.31. The van der Waals surface area contributed by atoms with E-state index in [1.165, 1.54) is 22.9 Å². The van der Waals surface area contributed by atoms with Gasteiger partial charge in [0.2, 0.25) is 5.91 Å². The average Bonchev–Trinajstić information content (AvgIpc) is 3.14. The fourth-order valence-corrected chi connectivity index (χ4v) is 3.81. The van der Waals surface area contributed by atoms with Crippen molar-refractivity contribution in [3.8, 4) is 5.69 Å². The van der Waals surface area contributed by atoms with Crippen LogP contribution in [0.5, 0.6) is 0 Å². The van der Waals surface area contributed by atoms with Gasteiger partial charge in [-0.05, 0) is 55.2 Å². The lowest BCUT2D eigenvalue weighted by Crippen LogP contribution is -2.27. The van der Waals surface area contributed by atoms with Crippen molar-refractivity contribution in [2.45, 2.75) is 25.4 Å². The van der Waals surface area contributed by atoms with E-state index in [9.17, 15) is 4.79 Å². The molecule has 1 amide bonds. The first kappa shape index (κ1) is 20.7.